The zero-order chi connectivity index (χ0) is 12.3. The van der Waals surface area contributed by atoms with Crippen LogP contribution in [-0.2, 0) is 5.88 Å². The molecule has 0 spiro atoms. The fourth-order valence-corrected chi connectivity index (χ4v) is 2.50. The number of unbranched alkanes of at least 4 members (excludes halogenated alkanes) is 1. The highest BCUT2D eigenvalue weighted by atomic mass is 35.5. The van der Waals surface area contributed by atoms with Crippen LogP contribution in [0, 0.1) is 6.92 Å². The normalized spacial score (nSPS) is 15.0. The molecular formula is C15H22ClN. The van der Waals surface area contributed by atoms with Gasteiger partial charge in [0.2, 0.25) is 0 Å². The maximum Gasteiger partial charge on any atom is 0.0474 e. The topological polar surface area (TPSA) is 3.24 Å². The minimum atomic E-state index is 0.611. The molecule has 0 aliphatic heterocycles. The molecule has 1 fully saturated rings. The van der Waals surface area contributed by atoms with E-state index in [4.69, 9.17) is 11.6 Å². The van der Waals surface area contributed by atoms with E-state index in [1.807, 2.05) is 0 Å². The Bertz CT molecular complexity index is 371. The van der Waals surface area contributed by atoms with Crippen molar-refractivity contribution >= 4 is 17.3 Å². The lowest BCUT2D eigenvalue weighted by molar-refractivity contribution is 0.711. The highest BCUT2D eigenvalue weighted by molar-refractivity contribution is 6.17. The first kappa shape index (κ1) is 12.8. The SMILES string of the molecule is CCCCN(c1ccc(CCl)cc1C)C1CC1. The third kappa shape index (κ3) is 3.16. The molecule has 0 N–H and O–H groups in total. The average molecular weight is 252 g/mol. The van der Waals surface area contributed by atoms with Gasteiger partial charge in [-0.05, 0) is 43.4 Å². The zero-order valence-electron chi connectivity index (χ0n) is 10.9. The van der Waals surface area contributed by atoms with Crippen LogP contribution in [-0.4, -0.2) is 12.6 Å². The Morgan fingerprint density at radius 3 is 2.65 bits per heavy atom. The van der Waals surface area contributed by atoms with Gasteiger partial charge in [-0.2, -0.15) is 0 Å². The van der Waals surface area contributed by atoms with Crippen molar-refractivity contribution in [2.75, 3.05) is 11.4 Å². The number of rotatable bonds is 6. The molecule has 0 aromatic heterocycles. The van der Waals surface area contributed by atoms with Crippen LogP contribution in [0.3, 0.4) is 0 Å². The van der Waals surface area contributed by atoms with Gasteiger partial charge in [0, 0.05) is 24.2 Å². The molecule has 0 saturated heterocycles. The summed E-state index contributed by atoms with van der Waals surface area (Å²) in [5, 5.41) is 0. The molecular weight excluding hydrogens is 230 g/mol. The van der Waals surface area contributed by atoms with E-state index in [2.05, 4.69) is 36.9 Å². The second kappa shape index (κ2) is 5.77. The molecule has 1 aromatic rings. The minimum absolute atomic E-state index is 0.611. The van der Waals surface area contributed by atoms with Crippen LogP contribution in [0.25, 0.3) is 0 Å². The highest BCUT2D eigenvalue weighted by Crippen LogP contribution is 2.34. The van der Waals surface area contributed by atoms with Gasteiger partial charge in [-0.3, -0.25) is 0 Å². The lowest BCUT2D eigenvalue weighted by Crippen LogP contribution is -2.27. The van der Waals surface area contributed by atoms with E-state index in [9.17, 15) is 0 Å². The fraction of sp³-hybridized carbons (Fsp3) is 0.600. The molecule has 17 heavy (non-hydrogen) atoms. The lowest BCUT2D eigenvalue weighted by Gasteiger charge is -2.26. The van der Waals surface area contributed by atoms with Gasteiger partial charge < -0.3 is 4.90 Å². The Hall–Kier alpha value is -0.690. The summed E-state index contributed by atoms with van der Waals surface area (Å²) in [6, 6.07) is 7.43. The monoisotopic (exact) mass is 251 g/mol. The second-order valence-electron chi connectivity index (χ2n) is 5.03. The predicted octanol–water partition coefficient (Wildman–Crippen LogP) is 4.50. The van der Waals surface area contributed by atoms with Crippen LogP contribution in [0.2, 0.25) is 0 Å². The van der Waals surface area contributed by atoms with Gasteiger partial charge in [-0.15, -0.1) is 11.6 Å². The number of hydrogen-bond donors (Lipinski definition) is 0. The zero-order valence-corrected chi connectivity index (χ0v) is 11.6. The Labute approximate surface area is 110 Å². The summed E-state index contributed by atoms with van der Waals surface area (Å²) in [7, 11) is 0. The molecule has 0 amide bonds. The molecule has 0 unspecified atom stereocenters. The minimum Gasteiger partial charge on any atom is -0.368 e. The van der Waals surface area contributed by atoms with Crippen molar-refractivity contribution in [2.45, 2.75) is 51.5 Å². The number of alkyl halides is 1. The Morgan fingerprint density at radius 2 is 2.12 bits per heavy atom. The maximum absolute atomic E-state index is 5.88. The molecule has 1 nitrogen and oxygen atoms in total. The molecule has 2 heteroatoms. The molecule has 1 saturated carbocycles. The van der Waals surface area contributed by atoms with E-state index in [0.29, 0.717) is 5.88 Å². The first-order valence-corrected chi connectivity index (χ1v) is 7.22. The highest BCUT2D eigenvalue weighted by Gasteiger charge is 2.29. The van der Waals surface area contributed by atoms with Gasteiger partial charge in [-0.1, -0.05) is 25.5 Å². The van der Waals surface area contributed by atoms with Gasteiger partial charge in [0.25, 0.3) is 0 Å². The van der Waals surface area contributed by atoms with Crippen LogP contribution in [0.5, 0.6) is 0 Å². The van der Waals surface area contributed by atoms with Gasteiger partial charge in [0.1, 0.15) is 0 Å². The van der Waals surface area contributed by atoms with E-state index in [1.54, 1.807) is 0 Å². The van der Waals surface area contributed by atoms with Crippen molar-refractivity contribution in [3.63, 3.8) is 0 Å². The van der Waals surface area contributed by atoms with Gasteiger partial charge in [-0.25, -0.2) is 0 Å². The third-order valence-electron chi connectivity index (χ3n) is 3.47. The summed E-state index contributed by atoms with van der Waals surface area (Å²) < 4.78 is 0. The predicted molar refractivity (Wildman–Crippen MR) is 76.0 cm³/mol. The lowest BCUT2D eigenvalue weighted by atomic mass is 10.1. The molecule has 0 radical (unpaired) electrons. The van der Waals surface area contributed by atoms with Gasteiger partial charge in [0.05, 0.1) is 0 Å². The largest absolute Gasteiger partial charge is 0.368 e. The summed E-state index contributed by atoms with van der Waals surface area (Å²) in [5.74, 6) is 0.611. The summed E-state index contributed by atoms with van der Waals surface area (Å²) in [4.78, 5) is 2.59. The Kier molecular flexibility index (Phi) is 4.33. The summed E-state index contributed by atoms with van der Waals surface area (Å²) >= 11 is 5.88. The molecule has 1 aliphatic carbocycles. The van der Waals surface area contributed by atoms with Crippen molar-refractivity contribution < 1.29 is 0 Å². The smallest absolute Gasteiger partial charge is 0.0474 e. The molecule has 0 bridgehead atoms. The van der Waals surface area contributed by atoms with Crippen LogP contribution < -0.4 is 4.90 Å². The maximum atomic E-state index is 5.88. The molecule has 0 atom stereocenters. The fourth-order valence-electron chi connectivity index (χ4n) is 2.34. The van der Waals surface area contributed by atoms with Crippen LogP contribution in [0.1, 0.15) is 43.7 Å². The first-order valence-electron chi connectivity index (χ1n) is 6.68. The number of nitrogens with zero attached hydrogens (tertiary/aromatic N) is 1. The van der Waals surface area contributed by atoms with Crippen molar-refractivity contribution in [2.24, 2.45) is 0 Å². The van der Waals surface area contributed by atoms with Crippen molar-refractivity contribution in [3.8, 4) is 0 Å². The second-order valence-corrected chi connectivity index (χ2v) is 5.30. The molecule has 0 heterocycles. The summed E-state index contributed by atoms with van der Waals surface area (Å²) in [5.41, 5.74) is 4.00. The molecule has 1 aromatic carbocycles. The number of benzene rings is 1. The molecule has 1 aliphatic rings. The van der Waals surface area contributed by atoms with Crippen molar-refractivity contribution in [3.05, 3.63) is 29.3 Å². The van der Waals surface area contributed by atoms with E-state index >= 15 is 0 Å². The summed E-state index contributed by atoms with van der Waals surface area (Å²) in [6.45, 7) is 5.66. The van der Waals surface area contributed by atoms with Gasteiger partial charge >= 0.3 is 0 Å². The van der Waals surface area contributed by atoms with E-state index < -0.39 is 0 Å². The van der Waals surface area contributed by atoms with E-state index in [-0.39, 0.29) is 0 Å². The first-order chi connectivity index (χ1) is 8.26. The van der Waals surface area contributed by atoms with Crippen molar-refractivity contribution in [1.82, 2.24) is 0 Å². The number of hydrogen-bond acceptors (Lipinski definition) is 1. The van der Waals surface area contributed by atoms with E-state index in [1.165, 1.54) is 49.0 Å². The standard InChI is InChI=1S/C15H22ClN/c1-3-4-9-17(14-6-7-14)15-8-5-13(11-16)10-12(15)2/h5,8,10,14H,3-4,6-7,9,11H2,1-2H3. The Morgan fingerprint density at radius 1 is 1.35 bits per heavy atom. The summed E-state index contributed by atoms with van der Waals surface area (Å²) in [6.07, 6.45) is 5.27. The van der Waals surface area contributed by atoms with Crippen molar-refractivity contribution in [1.29, 1.82) is 0 Å². The average Bonchev–Trinajstić information content (AvgIpc) is 3.15. The van der Waals surface area contributed by atoms with Crippen LogP contribution >= 0.6 is 11.6 Å². The van der Waals surface area contributed by atoms with Crippen LogP contribution in [0.15, 0.2) is 18.2 Å². The number of halogens is 1. The Balaban J connectivity index is 2.16. The quantitative estimate of drug-likeness (QED) is 0.673. The van der Waals surface area contributed by atoms with Gasteiger partial charge in [0.15, 0.2) is 0 Å². The molecule has 2 rings (SSSR count). The number of aryl methyl sites for hydroxylation is 1. The third-order valence-corrected chi connectivity index (χ3v) is 3.77. The number of anilines is 1. The van der Waals surface area contributed by atoms with Crippen LogP contribution in [0.4, 0.5) is 5.69 Å². The van der Waals surface area contributed by atoms with E-state index in [0.717, 1.165) is 6.04 Å². The molecule has 94 valence electrons.